The zero-order chi connectivity index (χ0) is 11.8. The van der Waals surface area contributed by atoms with Crippen LogP contribution in [0.15, 0.2) is 0 Å². The molecule has 0 spiro atoms. The molecule has 1 aliphatic rings. The van der Waals surface area contributed by atoms with Crippen LogP contribution in [0.5, 0.6) is 0 Å². The van der Waals surface area contributed by atoms with Gasteiger partial charge < -0.3 is 9.64 Å². The van der Waals surface area contributed by atoms with Crippen LogP contribution in [0.3, 0.4) is 0 Å². The lowest BCUT2D eigenvalue weighted by atomic mass is 10.2. The fraction of sp³-hybridized carbons (Fsp3) is 0.917. The van der Waals surface area contributed by atoms with Crippen LogP contribution in [-0.2, 0) is 4.74 Å². The summed E-state index contributed by atoms with van der Waals surface area (Å²) in [5.74, 6) is 0. The van der Waals surface area contributed by atoms with Gasteiger partial charge >= 0.3 is 6.09 Å². The molecule has 1 amide bonds. The monoisotopic (exact) mass is 228 g/mol. The number of hydrogen-bond donors (Lipinski definition) is 0. The number of carbonyl (C=O) groups excluding carboxylic acids is 1. The number of ether oxygens (including phenoxy) is 1. The molecule has 4 nitrogen and oxygen atoms in total. The second-order valence-electron chi connectivity index (χ2n) is 4.36. The Kier molecular flexibility index (Phi) is 6.23. The van der Waals surface area contributed by atoms with Gasteiger partial charge in [0.1, 0.15) is 0 Å². The van der Waals surface area contributed by atoms with Crippen LogP contribution in [0.25, 0.3) is 0 Å². The van der Waals surface area contributed by atoms with E-state index in [4.69, 9.17) is 4.74 Å². The average Bonchev–Trinajstić information content (AvgIpc) is 2.34. The van der Waals surface area contributed by atoms with Gasteiger partial charge in [-0.15, -0.1) is 0 Å². The molecule has 0 radical (unpaired) electrons. The van der Waals surface area contributed by atoms with Crippen LogP contribution in [0.2, 0.25) is 0 Å². The van der Waals surface area contributed by atoms with Crippen LogP contribution in [-0.4, -0.2) is 55.7 Å². The highest BCUT2D eigenvalue weighted by molar-refractivity contribution is 5.67. The highest BCUT2D eigenvalue weighted by Gasteiger charge is 2.20. The summed E-state index contributed by atoms with van der Waals surface area (Å²) in [5, 5.41) is 0. The number of nitrogens with zero attached hydrogens (tertiary/aromatic N) is 2. The molecular formula is C12H24N2O2. The van der Waals surface area contributed by atoms with Crippen molar-refractivity contribution in [2.75, 3.05) is 39.8 Å². The van der Waals surface area contributed by atoms with E-state index >= 15 is 0 Å². The minimum Gasteiger partial charge on any atom is -0.453 e. The van der Waals surface area contributed by atoms with Gasteiger partial charge in [0.2, 0.25) is 0 Å². The fourth-order valence-corrected chi connectivity index (χ4v) is 2.05. The standard InChI is InChI=1S/C12H24N2O2/c1-3-4-5-6-7-13-8-10-14(11-9-13)12(15)16-2/h3-11H2,1-2H3. The van der Waals surface area contributed by atoms with E-state index in [-0.39, 0.29) is 6.09 Å². The van der Waals surface area contributed by atoms with Crippen LogP contribution < -0.4 is 0 Å². The van der Waals surface area contributed by atoms with E-state index in [9.17, 15) is 4.79 Å². The Morgan fingerprint density at radius 3 is 2.38 bits per heavy atom. The number of rotatable bonds is 5. The van der Waals surface area contributed by atoms with Crippen molar-refractivity contribution >= 4 is 6.09 Å². The number of methoxy groups -OCH3 is 1. The van der Waals surface area contributed by atoms with E-state index in [1.54, 1.807) is 4.90 Å². The lowest BCUT2D eigenvalue weighted by Gasteiger charge is -2.33. The molecule has 1 heterocycles. The molecule has 0 saturated carbocycles. The first-order valence-electron chi connectivity index (χ1n) is 6.33. The van der Waals surface area contributed by atoms with Gasteiger partial charge in [-0.05, 0) is 13.0 Å². The van der Waals surface area contributed by atoms with Gasteiger partial charge in [0.25, 0.3) is 0 Å². The van der Waals surface area contributed by atoms with Gasteiger partial charge in [0.05, 0.1) is 7.11 Å². The molecule has 4 heteroatoms. The molecule has 1 aliphatic heterocycles. The number of unbranched alkanes of at least 4 members (excludes halogenated alkanes) is 3. The summed E-state index contributed by atoms with van der Waals surface area (Å²) < 4.78 is 4.71. The maximum Gasteiger partial charge on any atom is 0.409 e. The zero-order valence-corrected chi connectivity index (χ0v) is 10.6. The third kappa shape index (κ3) is 4.39. The molecule has 16 heavy (non-hydrogen) atoms. The summed E-state index contributed by atoms with van der Waals surface area (Å²) >= 11 is 0. The Labute approximate surface area is 98.5 Å². The van der Waals surface area contributed by atoms with E-state index in [2.05, 4.69) is 11.8 Å². The summed E-state index contributed by atoms with van der Waals surface area (Å²) in [5.41, 5.74) is 0. The van der Waals surface area contributed by atoms with Crippen LogP contribution >= 0.6 is 0 Å². The number of piperazine rings is 1. The zero-order valence-electron chi connectivity index (χ0n) is 10.6. The second kappa shape index (κ2) is 7.49. The summed E-state index contributed by atoms with van der Waals surface area (Å²) in [6.45, 7) is 6.99. The molecule has 1 rings (SSSR count). The molecule has 0 atom stereocenters. The Hall–Kier alpha value is -0.770. The van der Waals surface area contributed by atoms with Crippen LogP contribution in [0.1, 0.15) is 32.6 Å². The molecule has 0 aromatic heterocycles. The molecular weight excluding hydrogens is 204 g/mol. The van der Waals surface area contributed by atoms with Gasteiger partial charge in [-0.25, -0.2) is 4.79 Å². The molecule has 0 bridgehead atoms. The van der Waals surface area contributed by atoms with Crippen molar-refractivity contribution in [2.24, 2.45) is 0 Å². The van der Waals surface area contributed by atoms with E-state index in [0.717, 1.165) is 26.2 Å². The maximum absolute atomic E-state index is 11.3. The van der Waals surface area contributed by atoms with Gasteiger partial charge in [-0.3, -0.25) is 4.90 Å². The molecule has 94 valence electrons. The van der Waals surface area contributed by atoms with Crippen LogP contribution in [0, 0.1) is 0 Å². The molecule has 1 fully saturated rings. The first-order chi connectivity index (χ1) is 7.77. The third-order valence-corrected chi connectivity index (χ3v) is 3.13. The predicted octanol–water partition coefficient (Wildman–Crippen LogP) is 1.95. The smallest absolute Gasteiger partial charge is 0.409 e. The van der Waals surface area contributed by atoms with Gasteiger partial charge in [0.15, 0.2) is 0 Å². The Balaban J connectivity index is 2.10. The summed E-state index contributed by atoms with van der Waals surface area (Å²) in [7, 11) is 1.44. The van der Waals surface area contributed by atoms with Gasteiger partial charge in [-0.1, -0.05) is 26.2 Å². The van der Waals surface area contributed by atoms with Gasteiger partial charge in [-0.2, -0.15) is 0 Å². The van der Waals surface area contributed by atoms with Crippen molar-refractivity contribution in [2.45, 2.75) is 32.6 Å². The van der Waals surface area contributed by atoms with E-state index in [0.29, 0.717) is 0 Å². The van der Waals surface area contributed by atoms with E-state index in [1.807, 2.05) is 0 Å². The van der Waals surface area contributed by atoms with Crippen molar-refractivity contribution in [3.05, 3.63) is 0 Å². The van der Waals surface area contributed by atoms with Gasteiger partial charge in [0, 0.05) is 26.2 Å². The lowest BCUT2D eigenvalue weighted by Crippen LogP contribution is -2.48. The predicted molar refractivity (Wildman–Crippen MR) is 64.6 cm³/mol. The van der Waals surface area contributed by atoms with E-state index in [1.165, 1.54) is 39.3 Å². The first-order valence-corrected chi connectivity index (χ1v) is 6.33. The fourth-order valence-electron chi connectivity index (χ4n) is 2.05. The largest absolute Gasteiger partial charge is 0.453 e. The number of hydrogen-bond acceptors (Lipinski definition) is 3. The molecule has 0 unspecified atom stereocenters. The summed E-state index contributed by atoms with van der Waals surface area (Å²) in [4.78, 5) is 15.5. The molecule has 1 saturated heterocycles. The molecule has 0 aliphatic carbocycles. The van der Waals surface area contributed by atoms with Crippen molar-refractivity contribution in [1.29, 1.82) is 0 Å². The maximum atomic E-state index is 11.3. The first kappa shape index (κ1) is 13.3. The number of carbonyl (C=O) groups is 1. The molecule has 0 N–H and O–H groups in total. The van der Waals surface area contributed by atoms with Crippen molar-refractivity contribution in [3.8, 4) is 0 Å². The second-order valence-corrected chi connectivity index (χ2v) is 4.36. The summed E-state index contributed by atoms with van der Waals surface area (Å²) in [6.07, 6.45) is 5.04. The van der Waals surface area contributed by atoms with Crippen LogP contribution in [0.4, 0.5) is 4.79 Å². The van der Waals surface area contributed by atoms with Crippen molar-refractivity contribution in [1.82, 2.24) is 9.80 Å². The average molecular weight is 228 g/mol. The Morgan fingerprint density at radius 2 is 1.81 bits per heavy atom. The Bertz CT molecular complexity index is 201. The summed E-state index contributed by atoms with van der Waals surface area (Å²) in [6, 6.07) is 0. The highest BCUT2D eigenvalue weighted by Crippen LogP contribution is 2.06. The van der Waals surface area contributed by atoms with Crippen molar-refractivity contribution < 1.29 is 9.53 Å². The number of amides is 1. The topological polar surface area (TPSA) is 32.8 Å². The van der Waals surface area contributed by atoms with Crippen molar-refractivity contribution in [3.63, 3.8) is 0 Å². The molecule has 0 aromatic carbocycles. The third-order valence-electron chi connectivity index (χ3n) is 3.13. The SMILES string of the molecule is CCCCCCN1CCN(C(=O)OC)CC1. The lowest BCUT2D eigenvalue weighted by molar-refractivity contribution is 0.0905. The normalized spacial score (nSPS) is 17.5. The highest BCUT2D eigenvalue weighted by atomic mass is 16.5. The van der Waals surface area contributed by atoms with E-state index < -0.39 is 0 Å². The Morgan fingerprint density at radius 1 is 1.12 bits per heavy atom. The molecule has 0 aromatic rings. The minimum atomic E-state index is -0.189. The quantitative estimate of drug-likeness (QED) is 0.674. The minimum absolute atomic E-state index is 0.189.